The monoisotopic (exact) mass is 265 g/mol. The lowest BCUT2D eigenvalue weighted by molar-refractivity contribution is -0.134. The number of aliphatic carboxylic acids is 1. The van der Waals surface area contributed by atoms with Gasteiger partial charge >= 0.3 is 5.97 Å². The van der Waals surface area contributed by atoms with E-state index in [2.05, 4.69) is 14.5 Å². The largest absolute Gasteiger partial charge is 0.480 e. The van der Waals surface area contributed by atoms with Crippen molar-refractivity contribution in [3.63, 3.8) is 0 Å². The number of carboxylic acids is 1. The van der Waals surface area contributed by atoms with Crippen molar-refractivity contribution in [2.75, 3.05) is 46.0 Å². The van der Waals surface area contributed by atoms with Gasteiger partial charge in [-0.3, -0.25) is 9.69 Å². The smallest absolute Gasteiger partial charge is 0.320 e. The van der Waals surface area contributed by atoms with Gasteiger partial charge in [0.1, 0.15) is 0 Å². The number of nitrogens with one attached hydrogen (secondary N) is 1. The second-order valence-electron chi connectivity index (χ2n) is 4.40. The van der Waals surface area contributed by atoms with Gasteiger partial charge in [0.15, 0.2) is 5.75 Å². The summed E-state index contributed by atoms with van der Waals surface area (Å²) < 4.78 is 25.0. The molecule has 1 aliphatic rings. The molecule has 0 saturated carbocycles. The Kier molecular flexibility index (Phi) is 4.87. The van der Waals surface area contributed by atoms with E-state index >= 15 is 0 Å². The van der Waals surface area contributed by atoms with Crippen molar-refractivity contribution in [3.05, 3.63) is 0 Å². The second kappa shape index (κ2) is 5.76. The van der Waals surface area contributed by atoms with Gasteiger partial charge in [-0.2, -0.15) is 0 Å². The number of nitrogens with zero attached hydrogens (tertiary/aromatic N) is 2. The van der Waals surface area contributed by atoms with Crippen molar-refractivity contribution in [1.29, 1.82) is 0 Å². The van der Waals surface area contributed by atoms with Gasteiger partial charge in [0.25, 0.3) is 0 Å². The molecule has 1 saturated heterocycles. The zero-order chi connectivity index (χ0) is 13.1. The van der Waals surface area contributed by atoms with E-state index in [1.54, 1.807) is 0 Å². The minimum absolute atomic E-state index is 0.0809. The van der Waals surface area contributed by atoms with Crippen LogP contribution in [0, 0.1) is 0 Å². The first-order valence-corrected chi connectivity index (χ1v) is 7.03. The lowest BCUT2D eigenvalue weighted by Gasteiger charge is -2.37. The van der Waals surface area contributed by atoms with E-state index in [0.29, 0.717) is 0 Å². The van der Waals surface area contributed by atoms with Crippen molar-refractivity contribution in [3.8, 4) is 0 Å². The predicted molar refractivity (Wildman–Crippen MR) is 63.3 cm³/mol. The van der Waals surface area contributed by atoms with E-state index in [4.69, 9.17) is 5.11 Å². The highest BCUT2D eigenvalue weighted by atomic mass is 32.2. The number of carbonyl (C=O) groups is 1. The fourth-order valence-electron chi connectivity index (χ4n) is 1.76. The molecule has 0 amide bonds. The Morgan fingerprint density at radius 2 is 2.06 bits per heavy atom. The molecular formula is C9H19N3O4S. The minimum atomic E-state index is -3.72. The molecule has 0 aromatic rings. The average molecular weight is 265 g/mol. The van der Waals surface area contributed by atoms with Gasteiger partial charge in [-0.05, 0) is 14.1 Å². The van der Waals surface area contributed by atoms with Crippen LogP contribution in [0.1, 0.15) is 0 Å². The Morgan fingerprint density at radius 1 is 1.41 bits per heavy atom. The lowest BCUT2D eigenvalue weighted by atomic mass is 10.2. The molecule has 1 atom stereocenters. The van der Waals surface area contributed by atoms with Crippen molar-refractivity contribution >= 4 is 16.0 Å². The van der Waals surface area contributed by atoms with Crippen LogP contribution in [0.4, 0.5) is 0 Å². The SMILES string of the molecule is CN1CCN(C)C(CNS(=O)(=O)CC(=O)O)C1. The van der Waals surface area contributed by atoms with E-state index in [9.17, 15) is 13.2 Å². The molecule has 0 aliphatic carbocycles. The van der Waals surface area contributed by atoms with Crippen LogP contribution in [0.15, 0.2) is 0 Å². The molecule has 2 N–H and O–H groups in total. The fraction of sp³-hybridized carbons (Fsp3) is 0.889. The molecule has 1 aliphatic heterocycles. The van der Waals surface area contributed by atoms with Crippen LogP contribution in [0.5, 0.6) is 0 Å². The van der Waals surface area contributed by atoms with E-state index < -0.39 is 21.7 Å². The highest BCUT2D eigenvalue weighted by molar-refractivity contribution is 7.90. The Hall–Kier alpha value is -0.700. The number of sulfonamides is 1. The summed E-state index contributed by atoms with van der Waals surface area (Å²) in [6, 6.07) is 0.0809. The first-order chi connectivity index (χ1) is 7.80. The lowest BCUT2D eigenvalue weighted by Crippen LogP contribution is -2.54. The molecule has 1 rings (SSSR count). The van der Waals surface area contributed by atoms with Crippen LogP contribution in [0.2, 0.25) is 0 Å². The number of hydrogen-bond donors (Lipinski definition) is 2. The third-order valence-electron chi connectivity index (χ3n) is 2.83. The molecule has 100 valence electrons. The van der Waals surface area contributed by atoms with Gasteiger partial charge < -0.3 is 10.0 Å². The highest BCUT2D eigenvalue weighted by Gasteiger charge is 2.24. The maximum atomic E-state index is 11.3. The normalized spacial score (nSPS) is 23.8. The maximum Gasteiger partial charge on any atom is 0.320 e. The summed E-state index contributed by atoms with van der Waals surface area (Å²) in [5.41, 5.74) is 0. The molecule has 1 fully saturated rings. The first kappa shape index (κ1) is 14.4. The summed E-state index contributed by atoms with van der Waals surface area (Å²) >= 11 is 0. The standard InChI is InChI=1S/C9H19N3O4S/c1-11-3-4-12(2)8(6-11)5-10-17(15,16)7-9(13)14/h8,10H,3-7H2,1-2H3,(H,13,14). The second-order valence-corrected chi connectivity index (χ2v) is 6.20. The van der Waals surface area contributed by atoms with Crippen LogP contribution in [0.25, 0.3) is 0 Å². The van der Waals surface area contributed by atoms with Crippen LogP contribution >= 0.6 is 0 Å². The summed E-state index contributed by atoms with van der Waals surface area (Å²) in [6.07, 6.45) is 0. The molecular weight excluding hydrogens is 246 g/mol. The summed E-state index contributed by atoms with van der Waals surface area (Å²) in [6.45, 7) is 2.85. The molecule has 0 bridgehead atoms. The van der Waals surface area contributed by atoms with Gasteiger partial charge in [0.2, 0.25) is 10.0 Å². The minimum Gasteiger partial charge on any atom is -0.480 e. The van der Waals surface area contributed by atoms with Gasteiger partial charge in [-0.25, -0.2) is 13.1 Å². The quantitative estimate of drug-likeness (QED) is 0.612. The molecule has 1 unspecified atom stereocenters. The fourth-order valence-corrected chi connectivity index (χ4v) is 2.63. The molecule has 0 radical (unpaired) electrons. The molecule has 0 spiro atoms. The Labute approximate surface area is 101 Å². The summed E-state index contributed by atoms with van der Waals surface area (Å²) in [4.78, 5) is 14.5. The van der Waals surface area contributed by atoms with Gasteiger partial charge in [0, 0.05) is 32.2 Å². The van der Waals surface area contributed by atoms with E-state index in [1.807, 2.05) is 14.1 Å². The molecule has 0 aromatic heterocycles. The number of carboxylic acid groups (broad SMARTS) is 1. The zero-order valence-electron chi connectivity index (χ0n) is 10.1. The molecule has 0 aromatic carbocycles. The van der Waals surface area contributed by atoms with Gasteiger partial charge in [-0.15, -0.1) is 0 Å². The number of likely N-dealkylation sites (N-methyl/N-ethyl adjacent to an activating group) is 2. The molecule has 7 nitrogen and oxygen atoms in total. The number of rotatable bonds is 5. The Balaban J connectivity index is 2.46. The third-order valence-corrected chi connectivity index (χ3v) is 4.07. The topological polar surface area (TPSA) is 90.0 Å². The maximum absolute atomic E-state index is 11.3. The summed E-state index contributed by atoms with van der Waals surface area (Å²) in [7, 11) is 0.196. The van der Waals surface area contributed by atoms with Crippen LogP contribution in [-0.4, -0.2) is 81.4 Å². The molecule has 1 heterocycles. The number of piperazine rings is 1. The van der Waals surface area contributed by atoms with E-state index in [0.717, 1.165) is 19.6 Å². The van der Waals surface area contributed by atoms with Crippen molar-refractivity contribution < 1.29 is 18.3 Å². The van der Waals surface area contributed by atoms with Crippen molar-refractivity contribution in [1.82, 2.24) is 14.5 Å². The van der Waals surface area contributed by atoms with Gasteiger partial charge in [0.05, 0.1) is 0 Å². The van der Waals surface area contributed by atoms with E-state index in [1.165, 1.54) is 0 Å². The average Bonchev–Trinajstić information content (AvgIpc) is 2.17. The van der Waals surface area contributed by atoms with Crippen molar-refractivity contribution in [2.45, 2.75) is 6.04 Å². The van der Waals surface area contributed by atoms with Crippen molar-refractivity contribution in [2.24, 2.45) is 0 Å². The van der Waals surface area contributed by atoms with E-state index in [-0.39, 0.29) is 12.6 Å². The van der Waals surface area contributed by atoms with Crippen LogP contribution in [0.3, 0.4) is 0 Å². The summed E-state index contributed by atoms with van der Waals surface area (Å²) in [5.74, 6) is -2.22. The molecule has 17 heavy (non-hydrogen) atoms. The van der Waals surface area contributed by atoms with Crippen LogP contribution in [-0.2, 0) is 14.8 Å². The Bertz CT molecular complexity index is 370. The van der Waals surface area contributed by atoms with Crippen LogP contribution < -0.4 is 4.72 Å². The summed E-state index contributed by atoms with van der Waals surface area (Å²) in [5, 5.41) is 8.44. The third kappa shape index (κ3) is 4.99. The predicted octanol–water partition coefficient (Wildman–Crippen LogP) is -1.76. The zero-order valence-corrected chi connectivity index (χ0v) is 10.9. The Morgan fingerprint density at radius 3 is 2.65 bits per heavy atom. The van der Waals surface area contributed by atoms with Gasteiger partial charge in [-0.1, -0.05) is 0 Å². The first-order valence-electron chi connectivity index (χ1n) is 5.38. The number of hydrogen-bond acceptors (Lipinski definition) is 5. The highest BCUT2D eigenvalue weighted by Crippen LogP contribution is 2.05. The molecule has 8 heteroatoms.